The number of hydrogen-bond acceptors (Lipinski definition) is 7. The molecule has 42 heavy (non-hydrogen) atoms. The van der Waals surface area contributed by atoms with Crippen LogP contribution < -0.4 is 15.5 Å². The van der Waals surface area contributed by atoms with Gasteiger partial charge in [0.25, 0.3) is 11.8 Å². The van der Waals surface area contributed by atoms with Crippen molar-refractivity contribution in [2.45, 2.75) is 58.7 Å². The van der Waals surface area contributed by atoms with Gasteiger partial charge in [-0.2, -0.15) is 0 Å². The second-order valence-electron chi connectivity index (χ2n) is 10.9. The summed E-state index contributed by atoms with van der Waals surface area (Å²) in [4.78, 5) is 37.2. The van der Waals surface area contributed by atoms with Crippen molar-refractivity contribution >= 4 is 28.8 Å². The predicted molar refractivity (Wildman–Crippen MR) is 168 cm³/mol. The Morgan fingerprint density at radius 1 is 1.02 bits per heavy atom. The summed E-state index contributed by atoms with van der Waals surface area (Å²) in [6.07, 6.45) is 3.19. The van der Waals surface area contributed by atoms with Crippen molar-refractivity contribution in [2.75, 3.05) is 18.5 Å². The first-order valence-electron chi connectivity index (χ1n) is 14.1. The third-order valence-electron chi connectivity index (χ3n) is 7.20. The van der Waals surface area contributed by atoms with Crippen LogP contribution in [0.15, 0.2) is 72.4 Å². The Hall–Kier alpha value is -4.08. The van der Waals surface area contributed by atoms with Crippen LogP contribution in [0, 0.1) is 13.8 Å². The molecule has 0 spiro atoms. The quantitative estimate of drug-likeness (QED) is 0.215. The monoisotopic (exact) mass is 585 g/mol. The number of nitrogens with one attached hydrogen (secondary N) is 2. The van der Waals surface area contributed by atoms with Crippen LogP contribution in [-0.2, 0) is 13.0 Å². The number of anilines is 1. The van der Waals surface area contributed by atoms with Gasteiger partial charge in [0.2, 0.25) is 0 Å². The summed E-state index contributed by atoms with van der Waals surface area (Å²) in [6.45, 7) is 8.59. The highest BCUT2D eigenvalue weighted by molar-refractivity contribution is 7.09. The number of aliphatic hydroxyl groups excluding tert-OH is 1. The van der Waals surface area contributed by atoms with Gasteiger partial charge in [-0.05, 0) is 61.1 Å². The van der Waals surface area contributed by atoms with Gasteiger partial charge < -0.3 is 20.6 Å². The van der Waals surface area contributed by atoms with Gasteiger partial charge in [-0.3, -0.25) is 14.6 Å². The second kappa shape index (κ2) is 14.2. The molecular formula is C33H39N5O3S. The Morgan fingerprint density at radius 2 is 1.79 bits per heavy atom. The Labute approximate surface area is 251 Å². The molecule has 0 aliphatic rings. The average Bonchev–Trinajstić information content (AvgIpc) is 3.41. The molecule has 0 aliphatic heterocycles. The standard InChI is InChI=1S/C33H39N5O3S/c1-21(2)26-14-27(17-34-16-26)38(5)19-30(39)29(13-24-9-7-6-8-10-24)37-32(40)25-12-11-22(3)28(15-25)33(41)35-18-31-36-23(4)20-42-31/h6-12,14-17,20-21,29-30,39H,13,18-19H2,1-5H3,(H,35,41)(H,37,40)/t29-,30+/m0/s1. The summed E-state index contributed by atoms with van der Waals surface area (Å²) in [7, 11) is 1.91. The van der Waals surface area contributed by atoms with Crippen LogP contribution in [0.4, 0.5) is 5.69 Å². The summed E-state index contributed by atoms with van der Waals surface area (Å²) >= 11 is 1.49. The van der Waals surface area contributed by atoms with Gasteiger partial charge in [0.1, 0.15) is 5.01 Å². The lowest BCUT2D eigenvalue weighted by atomic mass is 9.99. The van der Waals surface area contributed by atoms with Crippen molar-refractivity contribution in [1.82, 2.24) is 20.6 Å². The van der Waals surface area contributed by atoms with E-state index < -0.39 is 12.1 Å². The normalized spacial score (nSPS) is 12.5. The second-order valence-corrected chi connectivity index (χ2v) is 11.9. The van der Waals surface area contributed by atoms with Crippen molar-refractivity contribution in [2.24, 2.45) is 0 Å². The van der Waals surface area contributed by atoms with Gasteiger partial charge in [-0.25, -0.2) is 4.98 Å². The predicted octanol–water partition coefficient (Wildman–Crippen LogP) is 5.05. The number of aromatic nitrogens is 2. The van der Waals surface area contributed by atoms with Crippen LogP contribution in [0.1, 0.15) is 67.9 Å². The molecule has 2 atom stereocenters. The minimum Gasteiger partial charge on any atom is -0.389 e. The fourth-order valence-electron chi connectivity index (χ4n) is 4.63. The number of carbonyl (C=O) groups excluding carboxylic acids is 2. The first-order chi connectivity index (χ1) is 20.1. The average molecular weight is 586 g/mol. The molecule has 2 aromatic heterocycles. The molecule has 0 radical (unpaired) electrons. The number of benzene rings is 2. The lowest BCUT2D eigenvalue weighted by Gasteiger charge is -2.29. The van der Waals surface area contributed by atoms with E-state index >= 15 is 0 Å². The Balaban J connectivity index is 1.50. The summed E-state index contributed by atoms with van der Waals surface area (Å²) in [5.74, 6) is -0.292. The first kappa shape index (κ1) is 30.9. The van der Waals surface area contributed by atoms with E-state index in [1.165, 1.54) is 11.3 Å². The highest BCUT2D eigenvalue weighted by Gasteiger charge is 2.25. The van der Waals surface area contributed by atoms with Crippen LogP contribution in [-0.4, -0.2) is 52.6 Å². The molecule has 2 amide bonds. The summed E-state index contributed by atoms with van der Waals surface area (Å²) in [6, 6.07) is 16.3. The Morgan fingerprint density at radius 3 is 2.48 bits per heavy atom. The van der Waals surface area contributed by atoms with Gasteiger partial charge in [-0.1, -0.05) is 50.2 Å². The number of nitrogens with zero attached hydrogens (tertiary/aromatic N) is 3. The molecule has 0 saturated heterocycles. The van der Waals surface area contributed by atoms with Crippen molar-refractivity contribution < 1.29 is 14.7 Å². The summed E-state index contributed by atoms with van der Waals surface area (Å²) < 4.78 is 0. The number of rotatable bonds is 12. The first-order valence-corrected chi connectivity index (χ1v) is 15.0. The van der Waals surface area contributed by atoms with Crippen molar-refractivity contribution in [3.63, 3.8) is 0 Å². The molecule has 0 saturated carbocycles. The topological polar surface area (TPSA) is 107 Å². The maximum atomic E-state index is 13.5. The molecule has 4 aromatic rings. The van der Waals surface area contributed by atoms with E-state index in [0.717, 1.165) is 33.1 Å². The highest BCUT2D eigenvalue weighted by Crippen LogP contribution is 2.20. The fraction of sp³-hybridized carbons (Fsp3) is 0.333. The lowest BCUT2D eigenvalue weighted by Crippen LogP contribution is -2.49. The van der Waals surface area contributed by atoms with E-state index in [1.807, 2.05) is 67.7 Å². The molecule has 220 valence electrons. The van der Waals surface area contributed by atoms with Gasteiger partial charge in [0.05, 0.1) is 30.6 Å². The van der Waals surface area contributed by atoms with Gasteiger partial charge >= 0.3 is 0 Å². The van der Waals surface area contributed by atoms with E-state index in [4.69, 9.17) is 0 Å². The minimum atomic E-state index is -0.878. The van der Waals surface area contributed by atoms with Crippen LogP contribution >= 0.6 is 11.3 Å². The smallest absolute Gasteiger partial charge is 0.251 e. The SMILES string of the molecule is Cc1csc(CNC(=O)c2cc(C(=O)N[C@@H](Cc3ccccc3)[C@H](O)CN(C)c3cncc(C(C)C)c3)ccc2C)n1. The van der Waals surface area contributed by atoms with Crippen molar-refractivity contribution in [3.8, 4) is 0 Å². The molecule has 3 N–H and O–H groups in total. The van der Waals surface area contributed by atoms with Crippen LogP contribution in [0.2, 0.25) is 0 Å². The van der Waals surface area contributed by atoms with Crippen LogP contribution in [0.5, 0.6) is 0 Å². The maximum absolute atomic E-state index is 13.5. The number of aliphatic hydroxyl groups is 1. The number of amides is 2. The van der Waals surface area contributed by atoms with E-state index in [-0.39, 0.29) is 11.8 Å². The zero-order valence-corrected chi connectivity index (χ0v) is 25.6. The summed E-state index contributed by atoms with van der Waals surface area (Å²) in [5, 5.41) is 20.1. The van der Waals surface area contributed by atoms with Crippen LogP contribution in [0.25, 0.3) is 0 Å². The van der Waals surface area contributed by atoms with Crippen molar-refractivity contribution in [3.05, 3.63) is 111 Å². The van der Waals surface area contributed by atoms with E-state index in [9.17, 15) is 14.7 Å². The van der Waals surface area contributed by atoms with E-state index in [1.54, 1.807) is 24.4 Å². The third kappa shape index (κ3) is 8.24. The maximum Gasteiger partial charge on any atom is 0.251 e. The Kier molecular flexibility index (Phi) is 10.4. The highest BCUT2D eigenvalue weighted by atomic mass is 32.1. The zero-order chi connectivity index (χ0) is 30.2. The van der Waals surface area contributed by atoms with Crippen LogP contribution in [0.3, 0.4) is 0 Å². The van der Waals surface area contributed by atoms with Crippen molar-refractivity contribution in [1.29, 1.82) is 0 Å². The van der Waals surface area contributed by atoms with Gasteiger partial charge in [0.15, 0.2) is 0 Å². The zero-order valence-electron chi connectivity index (χ0n) is 24.8. The molecule has 2 heterocycles. The van der Waals surface area contributed by atoms with E-state index in [2.05, 4.69) is 40.5 Å². The lowest BCUT2D eigenvalue weighted by molar-refractivity contribution is 0.0843. The molecule has 0 bridgehead atoms. The largest absolute Gasteiger partial charge is 0.389 e. The number of carbonyl (C=O) groups is 2. The van der Waals surface area contributed by atoms with Gasteiger partial charge in [-0.15, -0.1) is 11.3 Å². The number of likely N-dealkylation sites (N-methyl/N-ethyl adjacent to an activating group) is 1. The summed E-state index contributed by atoms with van der Waals surface area (Å²) in [5.41, 5.74) is 5.46. The number of thiazole rings is 1. The Bertz CT molecular complexity index is 1500. The van der Waals surface area contributed by atoms with E-state index in [0.29, 0.717) is 36.6 Å². The molecule has 9 heteroatoms. The molecular weight excluding hydrogens is 546 g/mol. The molecule has 8 nitrogen and oxygen atoms in total. The van der Waals surface area contributed by atoms with Gasteiger partial charge in [0, 0.05) is 42.0 Å². The molecule has 0 unspecified atom stereocenters. The third-order valence-corrected chi connectivity index (χ3v) is 8.17. The molecule has 0 fully saturated rings. The molecule has 0 aliphatic carbocycles. The molecule has 2 aromatic carbocycles. The molecule has 4 rings (SSSR count). The number of aryl methyl sites for hydroxylation is 2. The number of pyridine rings is 1. The number of hydrogen-bond donors (Lipinski definition) is 3. The fourth-order valence-corrected chi connectivity index (χ4v) is 5.34. The minimum absolute atomic E-state index is 0.269.